The van der Waals surface area contributed by atoms with E-state index in [0.717, 1.165) is 30.0 Å². The highest BCUT2D eigenvalue weighted by atomic mass is 16.6. The van der Waals surface area contributed by atoms with Gasteiger partial charge in [-0.05, 0) is 56.3 Å². The third-order valence-corrected chi connectivity index (χ3v) is 7.42. The number of amides is 2. The Kier molecular flexibility index (Phi) is 4.96. The van der Waals surface area contributed by atoms with Crippen molar-refractivity contribution in [2.75, 3.05) is 11.9 Å². The van der Waals surface area contributed by atoms with Crippen LogP contribution in [0.5, 0.6) is 0 Å². The van der Waals surface area contributed by atoms with E-state index in [-0.39, 0.29) is 11.2 Å². The monoisotopic (exact) mass is 436 g/mol. The van der Waals surface area contributed by atoms with Crippen molar-refractivity contribution in [3.05, 3.63) is 27.0 Å². The van der Waals surface area contributed by atoms with Crippen molar-refractivity contribution in [2.45, 2.75) is 68.6 Å². The molecule has 4 saturated carbocycles. The summed E-state index contributed by atoms with van der Waals surface area (Å²) < 4.78 is 6.25. The van der Waals surface area contributed by atoms with Crippen LogP contribution < -0.4 is 21.9 Å². The highest BCUT2D eigenvalue weighted by Gasteiger charge is 2.51. The van der Waals surface area contributed by atoms with Gasteiger partial charge in [-0.2, -0.15) is 0 Å². The van der Waals surface area contributed by atoms with Gasteiger partial charge in [-0.1, -0.05) is 0 Å². The minimum Gasteiger partial charge on any atom is -0.394 e. The number of H-pyrrole nitrogens is 1. The minimum absolute atomic E-state index is 0.181. The van der Waals surface area contributed by atoms with Crippen LogP contribution in [-0.2, 0) is 4.74 Å². The van der Waals surface area contributed by atoms with Gasteiger partial charge in [-0.15, -0.1) is 0 Å². The number of anilines is 1. The fraction of sp³-hybridized carbons (Fsp3) is 0.750. The van der Waals surface area contributed by atoms with Crippen LogP contribution in [0.2, 0.25) is 0 Å². The molecule has 6 rings (SSSR count). The summed E-state index contributed by atoms with van der Waals surface area (Å²) in [7, 11) is 0. The van der Waals surface area contributed by atoms with Crippen LogP contribution in [0.15, 0.2) is 15.8 Å². The summed E-state index contributed by atoms with van der Waals surface area (Å²) in [5, 5.41) is 35.0. The number of ether oxygens (including phenoxy) is 1. The standard InChI is InChI=1S/C20H28N4O7/c25-8-13-14(26)15(27)17(31-13)24-7-12(16(28)22-19(24)30)21-18(29)23-20-4-9-1-10(5-20)3-11(2-9)6-20/h7,9-11,13-15,17,25-27H,1-6,8H2,(H2,21,23,29)(H,22,28,30)/t9?,10?,11?,13-,14+,15+,17+,20?/m0/s1. The minimum atomic E-state index is -1.49. The van der Waals surface area contributed by atoms with E-state index in [0.29, 0.717) is 17.8 Å². The first-order valence-corrected chi connectivity index (χ1v) is 10.8. The SMILES string of the molecule is O=C(Nc1cn([C@@H]2O[C@@H](CO)[C@@H](O)[C@H]2O)c(=O)[nH]c1=O)NC12CC3CC(CC(C3)C1)C2. The fourth-order valence-electron chi connectivity index (χ4n) is 6.53. The smallest absolute Gasteiger partial charge is 0.330 e. The molecule has 0 aromatic carbocycles. The number of rotatable bonds is 4. The molecule has 6 N–H and O–H groups in total. The van der Waals surface area contributed by atoms with E-state index in [2.05, 4.69) is 15.6 Å². The predicted octanol–water partition coefficient (Wildman–Crippen LogP) is -0.762. The summed E-state index contributed by atoms with van der Waals surface area (Å²) in [6.07, 6.45) is 2.35. The van der Waals surface area contributed by atoms with Gasteiger partial charge in [0.05, 0.1) is 6.61 Å². The summed E-state index contributed by atoms with van der Waals surface area (Å²) in [6.45, 7) is -0.550. The molecule has 2 heterocycles. The van der Waals surface area contributed by atoms with Gasteiger partial charge in [0.15, 0.2) is 6.23 Å². The molecule has 4 bridgehead atoms. The van der Waals surface area contributed by atoms with Crippen LogP contribution >= 0.6 is 0 Å². The van der Waals surface area contributed by atoms with E-state index in [4.69, 9.17) is 4.74 Å². The third kappa shape index (κ3) is 3.59. The molecule has 2 amide bonds. The van der Waals surface area contributed by atoms with Gasteiger partial charge in [0.25, 0.3) is 5.56 Å². The summed E-state index contributed by atoms with van der Waals surface area (Å²) in [5.41, 5.74) is -2.08. The molecule has 0 spiro atoms. The summed E-state index contributed by atoms with van der Waals surface area (Å²) in [4.78, 5) is 39.4. The zero-order valence-electron chi connectivity index (χ0n) is 17.0. The topological polar surface area (TPSA) is 166 Å². The number of carbonyl (C=O) groups is 1. The number of carbonyl (C=O) groups excluding carboxylic acids is 1. The zero-order chi connectivity index (χ0) is 21.9. The maximum absolute atomic E-state index is 12.8. The number of aromatic amines is 1. The van der Waals surface area contributed by atoms with Gasteiger partial charge in [0.2, 0.25) is 0 Å². The highest BCUT2D eigenvalue weighted by molar-refractivity contribution is 5.89. The van der Waals surface area contributed by atoms with E-state index in [1.54, 1.807) is 0 Å². The van der Waals surface area contributed by atoms with Gasteiger partial charge in [0.1, 0.15) is 24.0 Å². The largest absolute Gasteiger partial charge is 0.394 e. The van der Waals surface area contributed by atoms with Crippen molar-refractivity contribution in [1.29, 1.82) is 0 Å². The summed E-state index contributed by atoms with van der Waals surface area (Å²) in [6, 6.07) is -0.515. The molecule has 1 aliphatic heterocycles. The van der Waals surface area contributed by atoms with Gasteiger partial charge < -0.3 is 30.7 Å². The molecule has 1 aromatic heterocycles. The Labute approximate surface area is 177 Å². The average molecular weight is 436 g/mol. The number of nitrogens with zero attached hydrogens (tertiary/aromatic N) is 1. The number of aromatic nitrogens is 2. The first-order valence-electron chi connectivity index (χ1n) is 10.8. The molecule has 1 saturated heterocycles. The Morgan fingerprint density at radius 2 is 1.74 bits per heavy atom. The number of hydrogen-bond acceptors (Lipinski definition) is 7. The van der Waals surface area contributed by atoms with Gasteiger partial charge in [0, 0.05) is 11.7 Å². The van der Waals surface area contributed by atoms with E-state index in [9.17, 15) is 29.7 Å². The molecule has 5 fully saturated rings. The van der Waals surface area contributed by atoms with Crippen molar-refractivity contribution in [2.24, 2.45) is 17.8 Å². The van der Waals surface area contributed by atoms with Crippen molar-refractivity contribution in [3.63, 3.8) is 0 Å². The molecule has 4 aliphatic carbocycles. The maximum atomic E-state index is 12.8. The molecule has 170 valence electrons. The van der Waals surface area contributed by atoms with Crippen molar-refractivity contribution in [1.82, 2.24) is 14.9 Å². The van der Waals surface area contributed by atoms with Gasteiger partial charge >= 0.3 is 11.7 Å². The number of urea groups is 1. The van der Waals surface area contributed by atoms with E-state index < -0.39 is 48.4 Å². The number of aliphatic hydroxyl groups is 3. The Bertz CT molecular complexity index is 953. The predicted molar refractivity (Wildman–Crippen MR) is 107 cm³/mol. The number of hydrogen-bond donors (Lipinski definition) is 6. The van der Waals surface area contributed by atoms with Crippen LogP contribution in [0, 0.1) is 17.8 Å². The van der Waals surface area contributed by atoms with Gasteiger partial charge in [-0.25, -0.2) is 9.59 Å². The zero-order valence-corrected chi connectivity index (χ0v) is 17.0. The molecule has 31 heavy (non-hydrogen) atoms. The fourth-order valence-corrected chi connectivity index (χ4v) is 6.53. The van der Waals surface area contributed by atoms with Gasteiger partial charge in [-0.3, -0.25) is 14.3 Å². The molecular weight excluding hydrogens is 408 g/mol. The number of nitrogens with one attached hydrogen (secondary N) is 3. The lowest BCUT2D eigenvalue weighted by atomic mass is 9.53. The van der Waals surface area contributed by atoms with E-state index in [1.807, 2.05) is 0 Å². The Hall–Kier alpha value is -2.21. The molecule has 0 radical (unpaired) electrons. The second kappa shape index (κ2) is 7.44. The molecule has 1 aromatic rings. The van der Waals surface area contributed by atoms with Crippen molar-refractivity contribution < 1.29 is 24.9 Å². The Morgan fingerprint density at radius 3 is 2.29 bits per heavy atom. The molecule has 4 atom stereocenters. The van der Waals surface area contributed by atoms with E-state index in [1.165, 1.54) is 19.3 Å². The van der Waals surface area contributed by atoms with Crippen LogP contribution in [-0.4, -0.2) is 61.4 Å². The second-order valence-corrected chi connectivity index (χ2v) is 9.72. The van der Waals surface area contributed by atoms with Crippen molar-refractivity contribution in [3.8, 4) is 0 Å². The second-order valence-electron chi connectivity index (χ2n) is 9.72. The normalized spacial score (nSPS) is 40.8. The van der Waals surface area contributed by atoms with Crippen LogP contribution in [0.25, 0.3) is 0 Å². The lowest BCUT2D eigenvalue weighted by molar-refractivity contribution is -0.0549. The Morgan fingerprint density at radius 1 is 1.13 bits per heavy atom. The molecular formula is C20H28N4O7. The highest BCUT2D eigenvalue weighted by Crippen LogP contribution is 2.55. The van der Waals surface area contributed by atoms with Crippen LogP contribution in [0.1, 0.15) is 44.8 Å². The summed E-state index contributed by atoms with van der Waals surface area (Å²) >= 11 is 0. The molecule has 0 unspecified atom stereocenters. The quantitative estimate of drug-likeness (QED) is 0.361. The number of aliphatic hydroxyl groups excluding tert-OH is 3. The third-order valence-electron chi connectivity index (χ3n) is 7.42. The lowest BCUT2D eigenvalue weighted by Gasteiger charge is -2.56. The molecule has 11 heteroatoms. The first kappa shape index (κ1) is 20.7. The summed E-state index contributed by atoms with van der Waals surface area (Å²) in [5.74, 6) is 1.93. The molecule has 11 nitrogen and oxygen atoms in total. The van der Waals surface area contributed by atoms with Crippen LogP contribution in [0.4, 0.5) is 10.5 Å². The maximum Gasteiger partial charge on any atom is 0.330 e. The average Bonchev–Trinajstić information content (AvgIpc) is 2.97. The lowest BCUT2D eigenvalue weighted by Crippen LogP contribution is -2.60. The van der Waals surface area contributed by atoms with E-state index >= 15 is 0 Å². The van der Waals surface area contributed by atoms with Crippen molar-refractivity contribution >= 4 is 11.7 Å². The first-order chi connectivity index (χ1) is 14.8. The Balaban J connectivity index is 1.34. The molecule has 5 aliphatic rings. The van der Waals surface area contributed by atoms with Crippen LogP contribution in [0.3, 0.4) is 0 Å².